The average molecular weight is 225 g/mol. The second-order valence-corrected chi connectivity index (χ2v) is 5.08. The number of hydrogen-bond donors (Lipinski definition) is 1. The molecule has 3 nitrogen and oxygen atoms in total. The lowest BCUT2D eigenvalue weighted by Gasteiger charge is -2.14. The molecule has 0 aliphatic carbocycles. The van der Waals surface area contributed by atoms with E-state index in [0.717, 1.165) is 0 Å². The molecule has 0 aliphatic heterocycles. The molecule has 0 spiro atoms. The first kappa shape index (κ1) is 9.98. The Morgan fingerprint density at radius 2 is 1.58 bits per heavy atom. The Labute approximate surface area is 81.2 Å². The lowest BCUT2D eigenvalue weighted by atomic mass is 10.4. The van der Waals surface area contributed by atoms with E-state index < -0.39 is 8.80 Å². The lowest BCUT2D eigenvalue weighted by Crippen LogP contribution is -2.50. The maximum Gasteiger partial charge on any atom is 0.567 e. The molecule has 0 amide bonds. The van der Waals surface area contributed by atoms with Crippen LogP contribution in [0.4, 0.5) is 0 Å². The summed E-state index contributed by atoms with van der Waals surface area (Å²) in [5, 5.41) is 0.454. The van der Waals surface area contributed by atoms with Gasteiger partial charge in [0.15, 0.2) is 0 Å². The first-order valence-corrected chi connectivity index (χ1v) is 5.48. The fourth-order valence-corrected chi connectivity index (χ4v) is 2.39. The molecule has 66 valence electrons. The van der Waals surface area contributed by atoms with E-state index in [2.05, 4.69) is 7.96 Å². The van der Waals surface area contributed by atoms with E-state index in [1.807, 2.05) is 0 Å². The van der Waals surface area contributed by atoms with Crippen LogP contribution >= 0.6 is 23.7 Å². The SMILES string of the molecule is O[Si](OCl)(OCl)c1ccccc1. The largest absolute Gasteiger partial charge is 0.567 e. The molecule has 0 radical (unpaired) electrons. The summed E-state index contributed by atoms with van der Waals surface area (Å²) in [6, 6.07) is 8.48. The standard InChI is InChI=1S/C6H6Cl2O3Si/c7-10-12(9,11-8)6-4-2-1-3-5-6/h1-5,9H. The fraction of sp³-hybridized carbons (Fsp3) is 0. The Bertz CT molecular complexity index is 240. The van der Waals surface area contributed by atoms with Crippen molar-refractivity contribution in [2.24, 2.45) is 0 Å². The maximum atomic E-state index is 9.53. The van der Waals surface area contributed by atoms with Gasteiger partial charge in [-0.2, -0.15) is 0 Å². The van der Waals surface area contributed by atoms with Gasteiger partial charge >= 0.3 is 8.80 Å². The minimum Gasteiger partial charge on any atom is -0.385 e. The summed E-state index contributed by atoms with van der Waals surface area (Å²) in [4.78, 5) is 9.53. The van der Waals surface area contributed by atoms with E-state index >= 15 is 0 Å². The summed E-state index contributed by atoms with van der Waals surface area (Å²) in [5.74, 6) is 0. The van der Waals surface area contributed by atoms with Crippen molar-refractivity contribution in [3.63, 3.8) is 0 Å². The highest BCUT2D eigenvalue weighted by Crippen LogP contribution is 2.08. The van der Waals surface area contributed by atoms with Gasteiger partial charge in [0.25, 0.3) is 0 Å². The third-order valence-corrected chi connectivity index (χ3v) is 4.08. The van der Waals surface area contributed by atoms with E-state index in [-0.39, 0.29) is 0 Å². The highest BCUT2D eigenvalue weighted by atomic mass is 35.5. The summed E-state index contributed by atoms with van der Waals surface area (Å²) < 4.78 is 8.57. The molecule has 0 atom stereocenters. The molecule has 1 aromatic rings. The molecule has 1 rings (SSSR count). The van der Waals surface area contributed by atoms with Gasteiger partial charge in [-0.05, 0) is 0 Å². The van der Waals surface area contributed by atoms with E-state index in [1.54, 1.807) is 30.3 Å². The Hall–Kier alpha value is -0.103. The van der Waals surface area contributed by atoms with Gasteiger partial charge in [-0.25, -0.2) is 0 Å². The summed E-state index contributed by atoms with van der Waals surface area (Å²) >= 11 is 10.1. The zero-order valence-corrected chi connectivity index (χ0v) is 8.42. The van der Waals surface area contributed by atoms with E-state index in [9.17, 15) is 4.80 Å². The molecule has 0 aliphatic rings. The maximum absolute atomic E-state index is 9.53. The van der Waals surface area contributed by atoms with E-state index in [0.29, 0.717) is 5.19 Å². The zero-order valence-electron chi connectivity index (χ0n) is 5.91. The van der Waals surface area contributed by atoms with Crippen molar-refractivity contribution >= 4 is 37.7 Å². The molecule has 0 bridgehead atoms. The molecule has 12 heavy (non-hydrogen) atoms. The minimum atomic E-state index is -3.54. The first-order valence-electron chi connectivity index (χ1n) is 3.10. The van der Waals surface area contributed by atoms with Crippen LogP contribution in [-0.2, 0) is 7.96 Å². The molecule has 1 aromatic carbocycles. The number of rotatable bonds is 3. The smallest absolute Gasteiger partial charge is 0.385 e. The molecular formula is C6H6Cl2O3Si. The highest BCUT2D eigenvalue weighted by molar-refractivity contribution is 6.79. The molecule has 6 heteroatoms. The van der Waals surface area contributed by atoms with Crippen LogP contribution in [0.5, 0.6) is 0 Å². The summed E-state index contributed by atoms with van der Waals surface area (Å²) in [6.07, 6.45) is 0. The van der Waals surface area contributed by atoms with Crippen LogP contribution in [0.3, 0.4) is 0 Å². The predicted molar refractivity (Wildman–Crippen MR) is 47.9 cm³/mol. The van der Waals surface area contributed by atoms with Crippen molar-refractivity contribution in [3.8, 4) is 0 Å². The first-order chi connectivity index (χ1) is 5.73. The second kappa shape index (κ2) is 4.22. The van der Waals surface area contributed by atoms with Crippen LogP contribution in [-0.4, -0.2) is 13.6 Å². The monoisotopic (exact) mass is 224 g/mol. The van der Waals surface area contributed by atoms with Gasteiger partial charge in [0, 0.05) is 5.19 Å². The van der Waals surface area contributed by atoms with Crippen LogP contribution in [0.15, 0.2) is 30.3 Å². The van der Waals surface area contributed by atoms with Gasteiger partial charge in [0.1, 0.15) is 0 Å². The topological polar surface area (TPSA) is 38.7 Å². The molecule has 0 fully saturated rings. The minimum absolute atomic E-state index is 0.454. The number of hydrogen-bond acceptors (Lipinski definition) is 3. The van der Waals surface area contributed by atoms with E-state index in [1.165, 1.54) is 0 Å². The molecular weight excluding hydrogens is 219 g/mol. The third kappa shape index (κ3) is 1.98. The van der Waals surface area contributed by atoms with Gasteiger partial charge in [-0.3, -0.25) is 7.96 Å². The van der Waals surface area contributed by atoms with E-state index in [4.69, 9.17) is 23.7 Å². The zero-order chi connectivity index (χ0) is 9.03. The van der Waals surface area contributed by atoms with Crippen LogP contribution in [0.25, 0.3) is 0 Å². The van der Waals surface area contributed by atoms with Crippen LogP contribution in [0.1, 0.15) is 0 Å². The van der Waals surface area contributed by atoms with Gasteiger partial charge in [0.05, 0.1) is 23.7 Å². The number of halogens is 2. The Morgan fingerprint density at radius 3 is 2.00 bits per heavy atom. The average Bonchev–Trinajstić information content (AvgIpc) is 2.18. The molecule has 0 saturated carbocycles. The second-order valence-electron chi connectivity index (χ2n) is 2.10. The highest BCUT2D eigenvalue weighted by Gasteiger charge is 2.40. The van der Waals surface area contributed by atoms with Crippen LogP contribution < -0.4 is 5.19 Å². The fourth-order valence-electron chi connectivity index (χ4n) is 0.750. The van der Waals surface area contributed by atoms with Crippen molar-refractivity contribution < 1.29 is 12.8 Å². The summed E-state index contributed by atoms with van der Waals surface area (Å²) in [7, 11) is -3.54. The third-order valence-electron chi connectivity index (χ3n) is 1.35. The predicted octanol–water partition coefficient (Wildman–Crippen LogP) is 1.17. The summed E-state index contributed by atoms with van der Waals surface area (Å²) in [5.41, 5.74) is 0. The molecule has 0 aromatic heterocycles. The quantitative estimate of drug-likeness (QED) is 0.784. The Morgan fingerprint density at radius 1 is 1.08 bits per heavy atom. The molecule has 1 N–H and O–H groups in total. The van der Waals surface area contributed by atoms with Crippen molar-refractivity contribution in [3.05, 3.63) is 30.3 Å². The van der Waals surface area contributed by atoms with Crippen molar-refractivity contribution in [2.45, 2.75) is 0 Å². The van der Waals surface area contributed by atoms with Gasteiger partial charge in [0.2, 0.25) is 0 Å². The Balaban J connectivity index is 2.95. The van der Waals surface area contributed by atoms with Crippen molar-refractivity contribution in [1.29, 1.82) is 0 Å². The molecule has 0 saturated heterocycles. The number of benzene rings is 1. The van der Waals surface area contributed by atoms with Gasteiger partial charge < -0.3 is 4.80 Å². The normalized spacial score (nSPS) is 11.6. The van der Waals surface area contributed by atoms with Gasteiger partial charge in [-0.15, -0.1) is 0 Å². The van der Waals surface area contributed by atoms with Crippen molar-refractivity contribution in [1.82, 2.24) is 0 Å². The lowest BCUT2D eigenvalue weighted by molar-refractivity contribution is 0.295. The van der Waals surface area contributed by atoms with Crippen molar-refractivity contribution in [2.75, 3.05) is 0 Å². The Kier molecular flexibility index (Phi) is 3.51. The summed E-state index contributed by atoms with van der Waals surface area (Å²) in [6.45, 7) is 0. The van der Waals surface area contributed by atoms with Gasteiger partial charge in [-0.1, -0.05) is 30.3 Å². The van der Waals surface area contributed by atoms with Crippen LogP contribution in [0.2, 0.25) is 0 Å². The van der Waals surface area contributed by atoms with Crippen LogP contribution in [0, 0.1) is 0 Å². The molecule has 0 heterocycles. The molecule has 0 unspecified atom stereocenters.